The van der Waals surface area contributed by atoms with E-state index in [9.17, 15) is 21.6 Å². The van der Waals surface area contributed by atoms with E-state index >= 15 is 0 Å². The fraction of sp³-hybridized carbons (Fsp3) is 0.250. The molecule has 13 heteroatoms. The van der Waals surface area contributed by atoms with E-state index in [1.54, 1.807) is 36.3 Å². The van der Waals surface area contributed by atoms with Crippen LogP contribution in [0.25, 0.3) is 11.3 Å². The predicted molar refractivity (Wildman–Crippen MR) is 99.8 cm³/mol. The lowest BCUT2D eigenvalue weighted by molar-refractivity contribution is -0.129. The number of nitrogens with zero attached hydrogens (tertiary/aromatic N) is 5. The van der Waals surface area contributed by atoms with Crippen LogP contribution in [0, 0.1) is 0 Å². The molecule has 2 N–H and O–H groups in total. The summed E-state index contributed by atoms with van der Waals surface area (Å²) in [5, 5.41) is 7.02. The lowest BCUT2D eigenvalue weighted by Crippen LogP contribution is -2.22. The molecule has 0 aliphatic carbocycles. The Hall–Kier alpha value is -3.22. The number of sulfonamides is 1. The van der Waals surface area contributed by atoms with Crippen LogP contribution in [-0.4, -0.2) is 45.1 Å². The molecule has 0 spiro atoms. The minimum Gasteiger partial charge on any atom is -0.321 e. The van der Waals surface area contributed by atoms with Crippen LogP contribution in [0.15, 0.2) is 43.0 Å². The van der Waals surface area contributed by atoms with Crippen LogP contribution in [0.1, 0.15) is 6.42 Å². The summed E-state index contributed by atoms with van der Waals surface area (Å²) in [6.45, 7) is 0. The summed E-state index contributed by atoms with van der Waals surface area (Å²) in [6.07, 6.45) is 0.260. The molecule has 3 rings (SSSR count). The number of anilines is 3. The molecule has 0 aromatic carbocycles. The molecule has 0 aliphatic heterocycles. The zero-order chi connectivity index (χ0) is 21.1. The molecule has 0 amide bonds. The van der Waals surface area contributed by atoms with Crippen LogP contribution < -0.4 is 10.0 Å². The Morgan fingerprint density at radius 3 is 2.55 bits per heavy atom. The third kappa shape index (κ3) is 6.14. The Balaban J connectivity index is 1.69. The first kappa shape index (κ1) is 20.5. The Kier molecular flexibility index (Phi) is 5.68. The molecular weight excluding hydrogens is 411 g/mol. The van der Waals surface area contributed by atoms with Gasteiger partial charge in [-0.05, 0) is 18.2 Å². The number of hydrogen-bond acceptors (Lipinski definition) is 7. The second-order valence-electron chi connectivity index (χ2n) is 6.01. The van der Waals surface area contributed by atoms with Gasteiger partial charge in [0.15, 0.2) is 0 Å². The first-order valence-corrected chi connectivity index (χ1v) is 9.87. The van der Waals surface area contributed by atoms with Gasteiger partial charge < -0.3 is 5.32 Å². The smallest absolute Gasteiger partial charge is 0.321 e. The van der Waals surface area contributed by atoms with Gasteiger partial charge in [-0.3, -0.25) is 9.40 Å². The van der Waals surface area contributed by atoms with Crippen LogP contribution in [0.2, 0.25) is 0 Å². The highest BCUT2D eigenvalue weighted by molar-refractivity contribution is 7.92. The molecule has 29 heavy (non-hydrogen) atoms. The summed E-state index contributed by atoms with van der Waals surface area (Å²) in [5.74, 6) is -0.832. The second kappa shape index (κ2) is 8.03. The molecule has 0 saturated heterocycles. The quantitative estimate of drug-likeness (QED) is 0.596. The number of rotatable bonds is 7. The molecule has 3 aromatic rings. The summed E-state index contributed by atoms with van der Waals surface area (Å²) in [7, 11) is -2.39. The van der Waals surface area contributed by atoms with Crippen LogP contribution in [0.5, 0.6) is 0 Å². The normalized spacial score (nSPS) is 12.0. The van der Waals surface area contributed by atoms with Crippen molar-refractivity contribution in [3.8, 4) is 11.3 Å². The largest absolute Gasteiger partial charge is 0.390 e. The highest BCUT2D eigenvalue weighted by atomic mass is 32.2. The molecule has 154 valence electrons. The van der Waals surface area contributed by atoms with Gasteiger partial charge in [0.05, 0.1) is 29.8 Å². The maximum Gasteiger partial charge on any atom is 0.390 e. The number of pyridine rings is 1. The first-order chi connectivity index (χ1) is 13.6. The van der Waals surface area contributed by atoms with Crippen molar-refractivity contribution in [3.63, 3.8) is 0 Å². The Labute approximate surface area is 164 Å². The standard InChI is InChI=1S/C16H16F3N7O2S/c1-26-10-12(9-22-26)23-15-20-6-4-13(24-15)11-2-3-14(21-8-11)25-29(27,28)7-5-16(17,18)19/h2-4,6,8-10H,5,7H2,1H3,(H,21,25)(H,20,23,24). The van der Waals surface area contributed by atoms with E-state index in [1.807, 2.05) is 4.72 Å². The number of aromatic nitrogens is 5. The van der Waals surface area contributed by atoms with Crippen molar-refractivity contribution in [2.24, 2.45) is 7.05 Å². The summed E-state index contributed by atoms with van der Waals surface area (Å²) in [5.41, 5.74) is 1.79. The lowest BCUT2D eigenvalue weighted by atomic mass is 10.2. The SMILES string of the molecule is Cn1cc(Nc2nccc(-c3ccc(NS(=O)(=O)CCC(F)(F)F)nc3)n2)cn1. The van der Waals surface area contributed by atoms with Crippen molar-refractivity contribution in [1.82, 2.24) is 24.7 Å². The third-order valence-electron chi connectivity index (χ3n) is 3.59. The molecule has 3 heterocycles. The van der Waals surface area contributed by atoms with Gasteiger partial charge in [-0.15, -0.1) is 0 Å². The maximum atomic E-state index is 12.2. The molecular formula is C16H16F3N7O2S. The number of aryl methyl sites for hydroxylation is 1. The fourth-order valence-electron chi connectivity index (χ4n) is 2.26. The van der Waals surface area contributed by atoms with Gasteiger partial charge in [-0.25, -0.2) is 23.4 Å². The fourth-order valence-corrected chi connectivity index (χ4v) is 3.30. The average Bonchev–Trinajstić information content (AvgIpc) is 3.05. The minimum absolute atomic E-state index is 0.0845. The third-order valence-corrected chi connectivity index (χ3v) is 4.85. The molecule has 3 aromatic heterocycles. The molecule has 0 atom stereocenters. The van der Waals surface area contributed by atoms with Gasteiger partial charge in [-0.2, -0.15) is 18.3 Å². The van der Waals surface area contributed by atoms with Crippen LogP contribution in [0.4, 0.5) is 30.6 Å². The zero-order valence-corrected chi connectivity index (χ0v) is 15.9. The van der Waals surface area contributed by atoms with E-state index in [0.717, 1.165) is 0 Å². The van der Waals surface area contributed by atoms with Crippen LogP contribution in [-0.2, 0) is 17.1 Å². The van der Waals surface area contributed by atoms with E-state index in [-0.39, 0.29) is 5.82 Å². The Morgan fingerprint density at radius 2 is 1.93 bits per heavy atom. The van der Waals surface area contributed by atoms with E-state index in [1.165, 1.54) is 18.5 Å². The molecule has 0 saturated carbocycles. The van der Waals surface area contributed by atoms with Crippen molar-refractivity contribution in [2.75, 3.05) is 15.8 Å². The maximum absolute atomic E-state index is 12.2. The summed E-state index contributed by atoms with van der Waals surface area (Å²) in [4.78, 5) is 12.4. The predicted octanol–water partition coefficient (Wildman–Crippen LogP) is 2.71. The van der Waals surface area contributed by atoms with Crippen molar-refractivity contribution < 1.29 is 21.6 Å². The van der Waals surface area contributed by atoms with Gasteiger partial charge in [0, 0.05) is 31.2 Å². The van der Waals surface area contributed by atoms with Crippen LogP contribution >= 0.6 is 0 Å². The first-order valence-electron chi connectivity index (χ1n) is 8.22. The highest BCUT2D eigenvalue weighted by Crippen LogP contribution is 2.22. The van der Waals surface area contributed by atoms with Gasteiger partial charge in [-0.1, -0.05) is 0 Å². The molecule has 9 nitrogen and oxygen atoms in total. The van der Waals surface area contributed by atoms with Gasteiger partial charge >= 0.3 is 6.18 Å². The highest BCUT2D eigenvalue weighted by Gasteiger charge is 2.30. The number of hydrogen-bond donors (Lipinski definition) is 2. The minimum atomic E-state index is -4.55. The van der Waals surface area contributed by atoms with Crippen molar-refractivity contribution in [2.45, 2.75) is 12.6 Å². The van der Waals surface area contributed by atoms with Gasteiger partial charge in [0.1, 0.15) is 5.82 Å². The lowest BCUT2D eigenvalue weighted by Gasteiger charge is -2.10. The topological polar surface area (TPSA) is 115 Å². The summed E-state index contributed by atoms with van der Waals surface area (Å²) < 4.78 is 63.7. The van der Waals surface area contributed by atoms with E-state index in [0.29, 0.717) is 22.9 Å². The van der Waals surface area contributed by atoms with Gasteiger partial charge in [0.25, 0.3) is 0 Å². The van der Waals surface area contributed by atoms with Gasteiger partial charge in [0.2, 0.25) is 16.0 Å². The van der Waals surface area contributed by atoms with E-state index < -0.39 is 28.4 Å². The Morgan fingerprint density at radius 1 is 1.14 bits per heavy atom. The average molecular weight is 427 g/mol. The molecule has 0 unspecified atom stereocenters. The number of nitrogens with one attached hydrogen (secondary N) is 2. The Bertz CT molecular complexity index is 1080. The number of alkyl halides is 3. The monoisotopic (exact) mass is 427 g/mol. The van der Waals surface area contributed by atoms with E-state index in [2.05, 4.69) is 25.4 Å². The molecule has 0 fully saturated rings. The number of halogens is 3. The molecule has 0 bridgehead atoms. The van der Waals surface area contributed by atoms with Crippen molar-refractivity contribution in [1.29, 1.82) is 0 Å². The zero-order valence-electron chi connectivity index (χ0n) is 15.1. The van der Waals surface area contributed by atoms with Crippen molar-refractivity contribution in [3.05, 3.63) is 43.0 Å². The van der Waals surface area contributed by atoms with E-state index in [4.69, 9.17) is 0 Å². The van der Waals surface area contributed by atoms with Crippen LogP contribution in [0.3, 0.4) is 0 Å². The molecule has 0 aliphatic rings. The summed E-state index contributed by atoms with van der Waals surface area (Å²) in [6, 6.07) is 4.53. The summed E-state index contributed by atoms with van der Waals surface area (Å²) >= 11 is 0. The van der Waals surface area contributed by atoms with Crippen molar-refractivity contribution >= 4 is 27.5 Å². The molecule has 0 radical (unpaired) electrons. The second-order valence-corrected chi connectivity index (χ2v) is 7.85.